The van der Waals surface area contributed by atoms with Crippen LogP contribution in [0.3, 0.4) is 0 Å². The van der Waals surface area contributed by atoms with Gasteiger partial charge in [0, 0.05) is 10.9 Å². The van der Waals surface area contributed by atoms with Gasteiger partial charge in [0.2, 0.25) is 5.78 Å². The summed E-state index contributed by atoms with van der Waals surface area (Å²) < 4.78 is 10.3. The van der Waals surface area contributed by atoms with Gasteiger partial charge >= 0.3 is 5.97 Å². The first-order valence-electron chi connectivity index (χ1n) is 7.88. The number of rotatable bonds is 5. The van der Waals surface area contributed by atoms with Crippen molar-refractivity contribution in [3.63, 3.8) is 0 Å². The molecule has 1 heterocycles. The van der Waals surface area contributed by atoms with Gasteiger partial charge in [-0.25, -0.2) is 9.89 Å². The molecule has 3 aromatic rings. The van der Waals surface area contributed by atoms with Crippen LogP contribution in [0, 0.1) is 0 Å². The number of Topliss-reactive ketones (excluding diaryl/α,β-unsaturated/α-hetero) is 1. The Balaban J connectivity index is 1.82. The predicted octanol–water partition coefficient (Wildman–Crippen LogP) is 2.36. The number of carbonyl (C=O) groups excluding carboxylic acids is 2. The Morgan fingerprint density at radius 2 is 1.69 bits per heavy atom. The Morgan fingerprint density at radius 1 is 1.04 bits per heavy atom. The van der Waals surface area contributed by atoms with E-state index in [2.05, 4.69) is 10.2 Å². The van der Waals surface area contributed by atoms with E-state index in [1.54, 1.807) is 48.5 Å². The zero-order chi connectivity index (χ0) is 18.7. The van der Waals surface area contributed by atoms with Crippen LogP contribution in [0.1, 0.15) is 27.8 Å². The van der Waals surface area contributed by atoms with E-state index in [0.717, 1.165) is 0 Å². The lowest BCUT2D eigenvalue weighted by Gasteiger charge is -2.13. The third-order valence-corrected chi connectivity index (χ3v) is 3.92. The van der Waals surface area contributed by atoms with E-state index in [1.807, 2.05) is 0 Å². The standard InChI is InChI=1S/C19H16N2O5/c1-11(17(22)12-7-9-13(25-2)10-8-12)26-19(24)16-14-5-3-4-6-15(14)18(23)21-20-16/h3-11H,1-2H3,(H,21,23)/t11-/m1/s1. The van der Waals surface area contributed by atoms with Crippen molar-refractivity contribution < 1.29 is 19.1 Å². The third kappa shape index (κ3) is 3.32. The molecule has 0 fully saturated rings. The summed E-state index contributed by atoms with van der Waals surface area (Å²) in [5.74, 6) is -0.517. The summed E-state index contributed by atoms with van der Waals surface area (Å²) in [7, 11) is 1.53. The van der Waals surface area contributed by atoms with E-state index in [0.29, 0.717) is 22.1 Å². The molecule has 1 atom stereocenters. The van der Waals surface area contributed by atoms with Gasteiger partial charge in [-0.3, -0.25) is 9.59 Å². The van der Waals surface area contributed by atoms with Crippen LogP contribution < -0.4 is 10.3 Å². The fourth-order valence-electron chi connectivity index (χ4n) is 2.53. The molecule has 0 spiro atoms. The highest BCUT2D eigenvalue weighted by Crippen LogP contribution is 2.17. The molecule has 0 bridgehead atoms. The van der Waals surface area contributed by atoms with Crippen molar-refractivity contribution in [2.75, 3.05) is 7.11 Å². The maximum absolute atomic E-state index is 12.4. The van der Waals surface area contributed by atoms with E-state index >= 15 is 0 Å². The first-order valence-corrected chi connectivity index (χ1v) is 7.88. The van der Waals surface area contributed by atoms with Crippen LogP contribution in [0.2, 0.25) is 0 Å². The molecule has 0 aliphatic rings. The molecule has 2 aromatic carbocycles. The Kier molecular flexibility index (Phi) is 4.79. The first-order chi connectivity index (χ1) is 12.5. The van der Waals surface area contributed by atoms with Gasteiger partial charge in [0.1, 0.15) is 5.75 Å². The molecule has 0 saturated heterocycles. The maximum Gasteiger partial charge on any atom is 0.360 e. The number of ketones is 1. The lowest BCUT2D eigenvalue weighted by Crippen LogP contribution is -2.26. The number of hydrogen-bond donors (Lipinski definition) is 1. The number of nitrogens with zero attached hydrogens (tertiary/aromatic N) is 1. The van der Waals surface area contributed by atoms with Gasteiger partial charge in [0.15, 0.2) is 11.8 Å². The molecule has 1 aromatic heterocycles. The molecule has 3 rings (SSSR count). The van der Waals surface area contributed by atoms with Crippen molar-refractivity contribution in [2.24, 2.45) is 0 Å². The molecule has 0 radical (unpaired) electrons. The highest BCUT2D eigenvalue weighted by Gasteiger charge is 2.23. The Bertz CT molecular complexity index is 1020. The zero-order valence-electron chi connectivity index (χ0n) is 14.2. The molecule has 0 unspecified atom stereocenters. The largest absolute Gasteiger partial charge is 0.497 e. The summed E-state index contributed by atoms with van der Waals surface area (Å²) >= 11 is 0. The van der Waals surface area contributed by atoms with Crippen LogP contribution in [-0.2, 0) is 4.74 Å². The van der Waals surface area contributed by atoms with Crippen LogP contribution in [-0.4, -0.2) is 35.2 Å². The molecular weight excluding hydrogens is 336 g/mol. The second-order valence-electron chi connectivity index (χ2n) is 5.59. The highest BCUT2D eigenvalue weighted by molar-refractivity contribution is 6.05. The topological polar surface area (TPSA) is 98.3 Å². The van der Waals surface area contributed by atoms with Crippen LogP contribution in [0.4, 0.5) is 0 Å². The van der Waals surface area contributed by atoms with E-state index < -0.39 is 17.6 Å². The van der Waals surface area contributed by atoms with Crippen molar-refractivity contribution in [3.05, 3.63) is 70.1 Å². The van der Waals surface area contributed by atoms with Gasteiger partial charge < -0.3 is 9.47 Å². The van der Waals surface area contributed by atoms with Crippen molar-refractivity contribution in [3.8, 4) is 5.75 Å². The van der Waals surface area contributed by atoms with Crippen molar-refractivity contribution in [1.29, 1.82) is 0 Å². The quantitative estimate of drug-likeness (QED) is 0.559. The molecule has 0 saturated carbocycles. The summed E-state index contributed by atoms with van der Waals surface area (Å²) in [6.07, 6.45) is -1.01. The van der Waals surface area contributed by atoms with Gasteiger partial charge in [-0.2, -0.15) is 5.10 Å². The number of ether oxygens (including phenoxy) is 2. The number of hydrogen-bond acceptors (Lipinski definition) is 6. The van der Waals surface area contributed by atoms with Gasteiger partial charge in [-0.1, -0.05) is 18.2 Å². The molecular formula is C19H16N2O5. The third-order valence-electron chi connectivity index (χ3n) is 3.92. The van der Waals surface area contributed by atoms with Crippen molar-refractivity contribution in [1.82, 2.24) is 10.2 Å². The van der Waals surface area contributed by atoms with E-state index in [9.17, 15) is 14.4 Å². The Labute approximate surface area is 148 Å². The fourth-order valence-corrected chi connectivity index (χ4v) is 2.53. The molecule has 0 aliphatic carbocycles. The zero-order valence-corrected chi connectivity index (χ0v) is 14.2. The minimum absolute atomic E-state index is 0.0467. The number of fused-ring (bicyclic) bond motifs is 1. The minimum Gasteiger partial charge on any atom is -0.497 e. The average Bonchev–Trinajstić information content (AvgIpc) is 2.67. The smallest absolute Gasteiger partial charge is 0.360 e. The maximum atomic E-state index is 12.4. The predicted molar refractivity (Wildman–Crippen MR) is 94.6 cm³/mol. The second-order valence-corrected chi connectivity index (χ2v) is 5.59. The highest BCUT2D eigenvalue weighted by atomic mass is 16.5. The summed E-state index contributed by atoms with van der Waals surface area (Å²) in [6.45, 7) is 1.48. The van der Waals surface area contributed by atoms with Crippen LogP contribution >= 0.6 is 0 Å². The van der Waals surface area contributed by atoms with Crippen molar-refractivity contribution >= 4 is 22.5 Å². The van der Waals surface area contributed by atoms with E-state index in [1.165, 1.54) is 14.0 Å². The van der Waals surface area contributed by atoms with Gasteiger partial charge in [0.05, 0.1) is 12.5 Å². The molecule has 132 valence electrons. The number of esters is 1. The number of aromatic amines is 1. The summed E-state index contributed by atoms with van der Waals surface area (Å²) in [6, 6.07) is 13.0. The second kappa shape index (κ2) is 7.18. The van der Waals surface area contributed by atoms with Crippen LogP contribution in [0.5, 0.6) is 5.75 Å². The van der Waals surface area contributed by atoms with Gasteiger partial charge in [-0.15, -0.1) is 0 Å². The number of methoxy groups -OCH3 is 1. The number of carbonyl (C=O) groups is 2. The Morgan fingerprint density at radius 3 is 2.35 bits per heavy atom. The van der Waals surface area contributed by atoms with Crippen LogP contribution in [0.15, 0.2) is 53.3 Å². The van der Waals surface area contributed by atoms with Crippen molar-refractivity contribution in [2.45, 2.75) is 13.0 Å². The van der Waals surface area contributed by atoms with Crippen LogP contribution in [0.25, 0.3) is 10.8 Å². The molecule has 7 nitrogen and oxygen atoms in total. The van der Waals surface area contributed by atoms with Gasteiger partial charge in [0.25, 0.3) is 5.56 Å². The van der Waals surface area contributed by atoms with E-state index in [4.69, 9.17) is 9.47 Å². The number of H-pyrrole nitrogens is 1. The number of benzene rings is 2. The molecule has 26 heavy (non-hydrogen) atoms. The number of nitrogens with one attached hydrogen (secondary N) is 1. The number of aromatic nitrogens is 2. The first kappa shape index (κ1) is 17.3. The normalized spacial score (nSPS) is 11.8. The SMILES string of the molecule is COc1ccc(C(=O)[C@@H](C)OC(=O)c2n[nH]c(=O)c3ccccc23)cc1. The lowest BCUT2D eigenvalue weighted by atomic mass is 10.1. The summed E-state index contributed by atoms with van der Waals surface area (Å²) in [5.41, 5.74) is -0.0560. The average molecular weight is 352 g/mol. The fraction of sp³-hybridized carbons (Fsp3) is 0.158. The minimum atomic E-state index is -1.01. The summed E-state index contributed by atoms with van der Waals surface area (Å²) in [5, 5.41) is 6.73. The molecule has 1 N–H and O–H groups in total. The lowest BCUT2D eigenvalue weighted by molar-refractivity contribution is 0.0314. The summed E-state index contributed by atoms with van der Waals surface area (Å²) in [4.78, 5) is 36.7. The molecule has 0 aliphatic heterocycles. The Hall–Kier alpha value is -3.48. The molecule has 7 heteroatoms. The van der Waals surface area contributed by atoms with Gasteiger partial charge in [-0.05, 0) is 37.3 Å². The monoisotopic (exact) mass is 352 g/mol. The molecule has 0 amide bonds. The van der Waals surface area contributed by atoms with E-state index in [-0.39, 0.29) is 11.5 Å².